The van der Waals surface area contributed by atoms with Gasteiger partial charge in [0.25, 0.3) is 0 Å². The van der Waals surface area contributed by atoms with Gasteiger partial charge in [-0.25, -0.2) is 0 Å². The zero-order valence-electron chi connectivity index (χ0n) is 36.6. The van der Waals surface area contributed by atoms with Crippen LogP contribution in [0.15, 0.2) is 55.6 Å². The predicted molar refractivity (Wildman–Crippen MR) is 231 cm³/mol. The first-order chi connectivity index (χ1) is 22.1. The summed E-state index contributed by atoms with van der Waals surface area (Å²) in [5, 5.41) is 2.60. The maximum absolute atomic E-state index is 4.19. The predicted octanol–water partition coefficient (Wildman–Crippen LogP) is 17.8. The summed E-state index contributed by atoms with van der Waals surface area (Å²) in [5.74, 6) is 0. The highest BCUT2D eigenvalue weighted by atomic mass is 14.5. The lowest BCUT2D eigenvalue weighted by atomic mass is 9.58. The average molecular weight is 655 g/mol. The Morgan fingerprint density at radius 2 is 1.04 bits per heavy atom. The van der Waals surface area contributed by atoms with Crippen LogP contribution in [-0.2, 0) is 6.42 Å². The normalized spacial score (nSPS) is 10.8. The Balaban J connectivity index is -0.000000127. The van der Waals surface area contributed by atoms with Gasteiger partial charge in [-0.2, -0.15) is 0 Å². The first kappa shape index (κ1) is 57.2. The molecule has 0 heteroatoms. The van der Waals surface area contributed by atoms with Gasteiger partial charge in [-0.15, -0.1) is 0 Å². The van der Waals surface area contributed by atoms with Gasteiger partial charge in [-0.3, -0.25) is 0 Å². The molecule has 0 fully saturated rings. The molecule has 0 N–H and O–H groups in total. The van der Waals surface area contributed by atoms with E-state index < -0.39 is 0 Å². The minimum Gasteiger partial charge on any atom is -0.0996 e. The van der Waals surface area contributed by atoms with Gasteiger partial charge in [0, 0.05) is 0 Å². The van der Waals surface area contributed by atoms with Crippen LogP contribution in [0.3, 0.4) is 0 Å². The van der Waals surface area contributed by atoms with Crippen LogP contribution in [0.1, 0.15) is 201 Å². The van der Waals surface area contributed by atoms with E-state index in [2.05, 4.69) is 154 Å². The van der Waals surface area contributed by atoms with Crippen molar-refractivity contribution in [3.8, 4) is 0 Å². The summed E-state index contributed by atoms with van der Waals surface area (Å²) in [5.41, 5.74) is 6.11. The number of fused-ring (bicyclic) bond motifs is 1. The molecular formula is C47H90. The van der Waals surface area contributed by atoms with Crippen molar-refractivity contribution in [2.45, 2.75) is 190 Å². The number of benzene rings is 2. The summed E-state index contributed by atoms with van der Waals surface area (Å²) < 4.78 is 0. The van der Waals surface area contributed by atoms with Gasteiger partial charge in [0.05, 0.1) is 0 Å². The second-order valence-corrected chi connectivity index (χ2v) is 13.0. The van der Waals surface area contributed by atoms with Crippen molar-refractivity contribution >= 4 is 22.9 Å². The summed E-state index contributed by atoms with van der Waals surface area (Å²) in [6, 6.07) is 10.7. The molecule has 0 radical (unpaired) electrons. The van der Waals surface area contributed by atoms with Crippen LogP contribution in [-0.4, -0.2) is 0 Å². The number of aryl methyl sites for hydroxylation is 1. The summed E-state index contributed by atoms with van der Waals surface area (Å²) in [4.78, 5) is 0. The van der Waals surface area contributed by atoms with Gasteiger partial charge in [0.2, 0.25) is 0 Å². The van der Waals surface area contributed by atoms with Gasteiger partial charge in [0.1, 0.15) is 0 Å². The van der Waals surface area contributed by atoms with Gasteiger partial charge in [-0.05, 0) is 76.0 Å². The van der Waals surface area contributed by atoms with E-state index in [1.54, 1.807) is 0 Å². The van der Waals surface area contributed by atoms with E-state index in [1.165, 1.54) is 71.6 Å². The molecule has 0 saturated carbocycles. The van der Waals surface area contributed by atoms with E-state index in [0.29, 0.717) is 10.8 Å². The molecule has 2 rings (SSSR count). The smallest absolute Gasteiger partial charge is 0.0119 e. The fourth-order valence-electron chi connectivity index (χ4n) is 4.52. The average Bonchev–Trinajstić information content (AvgIpc) is 3.07. The number of rotatable bonds is 9. The molecule has 0 aliphatic rings. The second-order valence-electron chi connectivity index (χ2n) is 13.0. The topological polar surface area (TPSA) is 0 Å². The molecule has 1 unspecified atom stereocenters. The van der Waals surface area contributed by atoms with Crippen LogP contribution in [0.2, 0.25) is 0 Å². The third-order valence-corrected chi connectivity index (χ3v) is 8.37. The largest absolute Gasteiger partial charge is 0.0996 e. The van der Waals surface area contributed by atoms with Crippen LogP contribution in [0.5, 0.6) is 0 Å². The maximum Gasteiger partial charge on any atom is -0.0119 e. The van der Waals surface area contributed by atoms with Crippen LogP contribution in [0.25, 0.3) is 22.9 Å². The Hall–Kier alpha value is -2.08. The molecule has 1 atom stereocenters. The number of hydrogen-bond acceptors (Lipinski definition) is 0. The highest BCUT2D eigenvalue weighted by molar-refractivity contribution is 5.92. The molecule has 0 amide bonds. The van der Waals surface area contributed by atoms with Crippen molar-refractivity contribution in [1.82, 2.24) is 0 Å². The van der Waals surface area contributed by atoms with Crippen LogP contribution in [0, 0.1) is 16.2 Å². The van der Waals surface area contributed by atoms with Gasteiger partial charge in [-0.1, -0.05) is 226 Å². The highest BCUT2D eigenvalue weighted by Crippen LogP contribution is 2.51. The summed E-state index contributed by atoms with van der Waals surface area (Å²) >= 11 is 0. The van der Waals surface area contributed by atoms with Gasteiger partial charge < -0.3 is 0 Å². The third kappa shape index (κ3) is 23.0. The lowest BCUT2D eigenvalue weighted by Crippen LogP contribution is -2.37. The van der Waals surface area contributed by atoms with Crippen LogP contribution in [0.4, 0.5) is 0 Å². The van der Waals surface area contributed by atoms with E-state index in [1.807, 2.05) is 53.7 Å². The van der Waals surface area contributed by atoms with Crippen molar-refractivity contribution in [1.29, 1.82) is 0 Å². The first-order valence-electron chi connectivity index (χ1n) is 19.5. The molecule has 0 bridgehead atoms. The zero-order chi connectivity index (χ0) is 38.9. The van der Waals surface area contributed by atoms with E-state index in [4.69, 9.17) is 0 Å². The van der Waals surface area contributed by atoms with Crippen molar-refractivity contribution in [3.63, 3.8) is 0 Å². The fraction of sp³-hybridized carbons (Fsp3) is 0.660. The van der Waals surface area contributed by atoms with Gasteiger partial charge in [0.15, 0.2) is 0 Å². The van der Waals surface area contributed by atoms with E-state index in [9.17, 15) is 0 Å². The molecule has 0 nitrogen and oxygen atoms in total. The van der Waals surface area contributed by atoms with Crippen molar-refractivity contribution < 1.29 is 0 Å². The molecule has 0 spiro atoms. The van der Waals surface area contributed by atoms with E-state index >= 15 is 0 Å². The second kappa shape index (κ2) is 35.2. The molecular weight excluding hydrogens is 565 g/mol. The van der Waals surface area contributed by atoms with Crippen molar-refractivity contribution in [2.75, 3.05) is 0 Å². The Labute approximate surface area is 301 Å². The first-order valence-corrected chi connectivity index (χ1v) is 19.5. The molecule has 2 aromatic carbocycles. The molecule has 2 aromatic rings. The molecule has 0 saturated heterocycles. The van der Waals surface area contributed by atoms with E-state index in [0.717, 1.165) is 6.42 Å². The summed E-state index contributed by atoms with van der Waals surface area (Å²) in [6.45, 7) is 57.6. The lowest BCUT2D eigenvalue weighted by molar-refractivity contribution is 0.0534. The highest BCUT2D eigenvalue weighted by Gasteiger charge is 2.40. The molecule has 0 aliphatic carbocycles. The summed E-state index contributed by atoms with van der Waals surface area (Å²) in [7, 11) is 0. The standard InChI is InChI=1S/C16H16.C16H32.3C3H8.3C2H6/c1-4-12-11-13-9-7-8-10-16(13)15(6-3)14(12)5-2;1-10-14(5,6)15(7,8)12-16(9,11-2)13(3)4;3*1-3-2;3*1-2/h4-5,7-11H,1-2,6H2,3H3;3,10-12H2,1-2,4-9H3;3*3H2,1-2H3;3*1-2H3. The molecule has 278 valence electrons. The Kier molecular flexibility index (Phi) is 42.9. The van der Waals surface area contributed by atoms with Gasteiger partial charge >= 0.3 is 0 Å². The minimum absolute atomic E-state index is 0.288. The molecule has 0 aliphatic heterocycles. The third-order valence-electron chi connectivity index (χ3n) is 8.37. The zero-order valence-corrected chi connectivity index (χ0v) is 36.6. The van der Waals surface area contributed by atoms with Crippen LogP contribution >= 0.6 is 0 Å². The minimum atomic E-state index is 0.288. The maximum atomic E-state index is 4.19. The molecule has 0 aromatic heterocycles. The molecule has 47 heavy (non-hydrogen) atoms. The van der Waals surface area contributed by atoms with Crippen molar-refractivity contribution in [2.24, 2.45) is 16.2 Å². The monoisotopic (exact) mass is 655 g/mol. The van der Waals surface area contributed by atoms with Crippen LogP contribution < -0.4 is 0 Å². The fourth-order valence-corrected chi connectivity index (χ4v) is 4.52. The molecule has 0 heterocycles. The number of hydrogen-bond donors (Lipinski definition) is 0. The lowest BCUT2D eigenvalue weighted by Gasteiger charge is -2.47. The SMILES string of the molecule is C=C(C)C(C)(CC)CC(C)(C)C(C)(C)CC.C=Cc1cc2ccccc2c(CC)c1C=C.CC.CC.CC.CCC.CCC.CCC. The van der Waals surface area contributed by atoms with Crippen molar-refractivity contribution in [3.05, 3.63) is 72.3 Å². The Morgan fingerprint density at radius 1 is 0.638 bits per heavy atom. The Morgan fingerprint density at radius 3 is 1.34 bits per heavy atom. The Bertz CT molecular complexity index is 980. The quantitative estimate of drug-likeness (QED) is 0.236. The number of allylic oxidation sites excluding steroid dienone is 1. The summed E-state index contributed by atoms with van der Waals surface area (Å²) in [6.07, 6.45) is 12.3. The van der Waals surface area contributed by atoms with E-state index in [-0.39, 0.29) is 5.41 Å².